The lowest BCUT2D eigenvalue weighted by molar-refractivity contribution is 0.0695. The lowest BCUT2D eigenvalue weighted by Gasteiger charge is -2.05. The highest BCUT2D eigenvalue weighted by molar-refractivity contribution is 9.10. The van der Waals surface area contributed by atoms with Crippen molar-refractivity contribution in [2.24, 2.45) is 0 Å². The molecule has 0 heterocycles. The molecule has 0 aromatic heterocycles. The number of aromatic carboxylic acids is 1. The van der Waals surface area contributed by atoms with Gasteiger partial charge in [-0.2, -0.15) is 0 Å². The quantitative estimate of drug-likeness (QED) is 0.844. The molecule has 3 nitrogen and oxygen atoms in total. The van der Waals surface area contributed by atoms with Gasteiger partial charge in [0.05, 0.1) is 15.7 Å². The molecular formula is C8H7BrFNO2. The van der Waals surface area contributed by atoms with E-state index in [4.69, 9.17) is 5.11 Å². The highest BCUT2D eigenvalue weighted by atomic mass is 79.9. The number of hydrogen-bond acceptors (Lipinski definition) is 2. The number of carboxylic acids is 1. The summed E-state index contributed by atoms with van der Waals surface area (Å²) < 4.78 is 13.2. The van der Waals surface area contributed by atoms with Crippen molar-refractivity contribution in [2.75, 3.05) is 12.4 Å². The van der Waals surface area contributed by atoms with Gasteiger partial charge in [0.15, 0.2) is 5.82 Å². The first-order valence-electron chi connectivity index (χ1n) is 3.47. The van der Waals surface area contributed by atoms with Crippen LogP contribution in [0.3, 0.4) is 0 Å². The van der Waals surface area contributed by atoms with Crippen molar-refractivity contribution in [3.63, 3.8) is 0 Å². The molecule has 1 aromatic rings. The van der Waals surface area contributed by atoms with E-state index in [-0.39, 0.29) is 15.7 Å². The van der Waals surface area contributed by atoms with Crippen LogP contribution in [0, 0.1) is 5.82 Å². The molecule has 0 spiro atoms. The molecule has 0 aliphatic rings. The number of rotatable bonds is 2. The van der Waals surface area contributed by atoms with Crippen LogP contribution in [0.4, 0.5) is 10.1 Å². The van der Waals surface area contributed by atoms with Crippen LogP contribution in [-0.2, 0) is 0 Å². The molecule has 13 heavy (non-hydrogen) atoms. The third kappa shape index (κ3) is 1.80. The van der Waals surface area contributed by atoms with Crippen LogP contribution in [0.1, 0.15) is 10.4 Å². The second-order valence-electron chi connectivity index (χ2n) is 2.34. The van der Waals surface area contributed by atoms with E-state index in [1.165, 1.54) is 12.1 Å². The van der Waals surface area contributed by atoms with Crippen molar-refractivity contribution in [3.05, 3.63) is 28.0 Å². The van der Waals surface area contributed by atoms with Gasteiger partial charge in [-0.25, -0.2) is 9.18 Å². The van der Waals surface area contributed by atoms with Crippen molar-refractivity contribution in [1.82, 2.24) is 0 Å². The Morgan fingerprint density at radius 1 is 1.62 bits per heavy atom. The van der Waals surface area contributed by atoms with Crippen molar-refractivity contribution in [1.29, 1.82) is 0 Å². The fourth-order valence-electron chi connectivity index (χ4n) is 0.908. The molecule has 0 aliphatic heterocycles. The zero-order valence-corrected chi connectivity index (χ0v) is 8.35. The molecule has 1 rings (SSSR count). The summed E-state index contributed by atoms with van der Waals surface area (Å²) in [5.74, 6) is -1.75. The number of carbonyl (C=O) groups is 1. The van der Waals surface area contributed by atoms with Gasteiger partial charge in [-0.05, 0) is 28.1 Å². The minimum absolute atomic E-state index is 0.0353. The SMILES string of the molecule is CNc1ccc(C(=O)O)c(Br)c1F. The number of halogens is 2. The Balaban J connectivity index is 3.31. The number of carboxylic acid groups (broad SMARTS) is 1. The molecule has 0 unspecified atom stereocenters. The smallest absolute Gasteiger partial charge is 0.336 e. The van der Waals surface area contributed by atoms with Gasteiger partial charge in [0.1, 0.15) is 0 Å². The second kappa shape index (κ2) is 3.74. The van der Waals surface area contributed by atoms with E-state index >= 15 is 0 Å². The summed E-state index contributed by atoms with van der Waals surface area (Å²) in [4.78, 5) is 10.6. The molecule has 0 fully saturated rings. The van der Waals surface area contributed by atoms with Crippen LogP contribution in [-0.4, -0.2) is 18.1 Å². The Labute approximate surface area is 82.7 Å². The average molecular weight is 248 g/mol. The summed E-state index contributed by atoms with van der Waals surface area (Å²) in [6, 6.07) is 2.71. The zero-order chi connectivity index (χ0) is 10.0. The van der Waals surface area contributed by atoms with Crippen LogP contribution < -0.4 is 5.32 Å². The van der Waals surface area contributed by atoms with E-state index in [1.807, 2.05) is 0 Å². The van der Waals surface area contributed by atoms with Gasteiger partial charge < -0.3 is 10.4 Å². The Morgan fingerprint density at radius 2 is 2.23 bits per heavy atom. The molecule has 70 valence electrons. The molecule has 5 heteroatoms. The van der Waals surface area contributed by atoms with Gasteiger partial charge in [0, 0.05) is 7.05 Å². The predicted molar refractivity (Wildman–Crippen MR) is 50.6 cm³/mol. The fourth-order valence-corrected chi connectivity index (χ4v) is 1.42. The van der Waals surface area contributed by atoms with Crippen LogP contribution in [0.15, 0.2) is 16.6 Å². The van der Waals surface area contributed by atoms with Crippen molar-refractivity contribution in [2.45, 2.75) is 0 Å². The topological polar surface area (TPSA) is 49.3 Å². The van der Waals surface area contributed by atoms with E-state index < -0.39 is 11.8 Å². The van der Waals surface area contributed by atoms with Crippen molar-refractivity contribution >= 4 is 27.6 Å². The molecular weight excluding hydrogens is 241 g/mol. The second-order valence-corrected chi connectivity index (χ2v) is 3.14. The number of hydrogen-bond donors (Lipinski definition) is 2. The molecule has 0 atom stereocenters. The maximum atomic E-state index is 13.3. The first-order chi connectivity index (χ1) is 6.07. The Bertz CT molecular complexity index is 354. The maximum absolute atomic E-state index is 13.3. The van der Waals surface area contributed by atoms with Gasteiger partial charge in [-0.1, -0.05) is 0 Å². The third-order valence-corrected chi connectivity index (χ3v) is 2.36. The summed E-state index contributed by atoms with van der Waals surface area (Å²) in [6.07, 6.45) is 0. The summed E-state index contributed by atoms with van der Waals surface area (Å²) >= 11 is 2.88. The highest BCUT2D eigenvalue weighted by Crippen LogP contribution is 2.26. The van der Waals surface area contributed by atoms with Gasteiger partial charge in [-0.3, -0.25) is 0 Å². The van der Waals surface area contributed by atoms with Crippen LogP contribution in [0.25, 0.3) is 0 Å². The van der Waals surface area contributed by atoms with E-state index in [0.29, 0.717) is 0 Å². The first kappa shape index (κ1) is 9.98. The Morgan fingerprint density at radius 3 is 2.69 bits per heavy atom. The minimum atomic E-state index is -1.16. The van der Waals surface area contributed by atoms with Gasteiger partial charge in [-0.15, -0.1) is 0 Å². The van der Waals surface area contributed by atoms with Crippen molar-refractivity contribution < 1.29 is 14.3 Å². The highest BCUT2D eigenvalue weighted by Gasteiger charge is 2.14. The van der Waals surface area contributed by atoms with Gasteiger partial charge >= 0.3 is 5.97 Å². The molecule has 0 saturated carbocycles. The first-order valence-corrected chi connectivity index (χ1v) is 4.26. The summed E-state index contributed by atoms with van der Waals surface area (Å²) in [5.41, 5.74) is 0.174. The Kier molecular flexibility index (Phi) is 2.87. The van der Waals surface area contributed by atoms with E-state index in [0.717, 1.165) is 0 Å². The normalized spacial score (nSPS) is 9.77. The number of anilines is 1. The summed E-state index contributed by atoms with van der Waals surface area (Å²) in [5, 5.41) is 11.2. The average Bonchev–Trinajstić information content (AvgIpc) is 2.09. The standard InChI is InChI=1S/C8H7BrFNO2/c1-11-5-3-2-4(8(12)13)6(9)7(5)10/h2-3,11H,1H3,(H,12,13). The van der Waals surface area contributed by atoms with Gasteiger partial charge in [0.25, 0.3) is 0 Å². The lowest BCUT2D eigenvalue weighted by atomic mass is 10.2. The summed E-state index contributed by atoms with van der Waals surface area (Å²) in [7, 11) is 1.56. The maximum Gasteiger partial charge on any atom is 0.336 e. The minimum Gasteiger partial charge on any atom is -0.478 e. The van der Waals surface area contributed by atoms with E-state index in [2.05, 4.69) is 21.2 Å². The van der Waals surface area contributed by atoms with E-state index in [1.54, 1.807) is 7.05 Å². The summed E-state index contributed by atoms with van der Waals surface area (Å²) in [6.45, 7) is 0. The molecule has 0 radical (unpaired) electrons. The monoisotopic (exact) mass is 247 g/mol. The zero-order valence-electron chi connectivity index (χ0n) is 6.77. The Hall–Kier alpha value is -1.10. The lowest BCUT2D eigenvalue weighted by Crippen LogP contribution is -2.02. The number of benzene rings is 1. The predicted octanol–water partition coefficient (Wildman–Crippen LogP) is 2.33. The molecule has 1 aromatic carbocycles. The van der Waals surface area contributed by atoms with Crippen LogP contribution in [0.2, 0.25) is 0 Å². The molecule has 0 saturated heterocycles. The van der Waals surface area contributed by atoms with Crippen LogP contribution >= 0.6 is 15.9 Å². The molecule has 0 bridgehead atoms. The molecule has 0 amide bonds. The van der Waals surface area contributed by atoms with E-state index in [9.17, 15) is 9.18 Å². The molecule has 2 N–H and O–H groups in total. The molecule has 0 aliphatic carbocycles. The number of nitrogens with one attached hydrogen (secondary N) is 1. The fraction of sp³-hybridized carbons (Fsp3) is 0.125. The van der Waals surface area contributed by atoms with Gasteiger partial charge in [0.2, 0.25) is 0 Å². The third-order valence-electron chi connectivity index (χ3n) is 1.58. The van der Waals surface area contributed by atoms with Crippen molar-refractivity contribution in [3.8, 4) is 0 Å². The largest absolute Gasteiger partial charge is 0.478 e. The van der Waals surface area contributed by atoms with Crippen LogP contribution in [0.5, 0.6) is 0 Å².